The molecule has 4 heteroatoms. The summed E-state index contributed by atoms with van der Waals surface area (Å²) in [6.45, 7) is 5.81. The van der Waals surface area contributed by atoms with Crippen molar-refractivity contribution in [2.75, 3.05) is 26.4 Å². The Bertz CT molecular complexity index is 395. The van der Waals surface area contributed by atoms with Crippen LogP contribution < -0.4 is 4.74 Å². The van der Waals surface area contributed by atoms with E-state index in [4.69, 9.17) is 14.2 Å². The van der Waals surface area contributed by atoms with E-state index in [0.717, 1.165) is 11.3 Å². The van der Waals surface area contributed by atoms with Gasteiger partial charge in [0.05, 0.1) is 13.2 Å². The van der Waals surface area contributed by atoms with Crippen LogP contribution in [0.5, 0.6) is 5.75 Å². The van der Waals surface area contributed by atoms with Gasteiger partial charge < -0.3 is 14.2 Å². The molecule has 104 valence electrons. The van der Waals surface area contributed by atoms with Crippen LogP contribution in [0, 0.1) is 0 Å². The highest BCUT2D eigenvalue weighted by Gasteiger charge is 1.97. The van der Waals surface area contributed by atoms with Gasteiger partial charge >= 0.3 is 5.97 Å². The Labute approximate surface area is 114 Å². The second kappa shape index (κ2) is 9.16. The fraction of sp³-hybridized carbons (Fsp3) is 0.400. The van der Waals surface area contributed by atoms with E-state index in [0.29, 0.717) is 19.8 Å². The zero-order valence-corrected chi connectivity index (χ0v) is 11.4. The molecule has 0 amide bonds. The second-order valence-electron chi connectivity index (χ2n) is 3.70. The third-order valence-corrected chi connectivity index (χ3v) is 2.28. The predicted molar refractivity (Wildman–Crippen MR) is 74.1 cm³/mol. The Morgan fingerprint density at radius 2 is 1.84 bits per heavy atom. The van der Waals surface area contributed by atoms with Gasteiger partial charge in [0.15, 0.2) is 0 Å². The molecule has 0 atom stereocenters. The molecule has 4 nitrogen and oxygen atoms in total. The summed E-state index contributed by atoms with van der Waals surface area (Å²) in [5, 5.41) is 0. The molecule has 1 aromatic carbocycles. The molecule has 0 unspecified atom stereocenters. The number of hydrogen-bond acceptors (Lipinski definition) is 4. The van der Waals surface area contributed by atoms with E-state index >= 15 is 0 Å². The van der Waals surface area contributed by atoms with Gasteiger partial charge in [-0.05, 0) is 37.6 Å². The van der Waals surface area contributed by atoms with E-state index in [9.17, 15) is 4.79 Å². The van der Waals surface area contributed by atoms with E-state index in [1.807, 2.05) is 38.1 Å². The van der Waals surface area contributed by atoms with Crippen molar-refractivity contribution in [3.05, 3.63) is 35.9 Å². The summed E-state index contributed by atoms with van der Waals surface area (Å²) >= 11 is 0. The number of hydrogen-bond donors (Lipinski definition) is 0. The molecule has 1 aromatic rings. The smallest absolute Gasteiger partial charge is 0.330 e. The minimum Gasteiger partial charge on any atom is -0.494 e. The lowest BCUT2D eigenvalue weighted by Gasteiger charge is -2.03. The van der Waals surface area contributed by atoms with E-state index in [-0.39, 0.29) is 12.6 Å². The quantitative estimate of drug-likeness (QED) is 0.411. The van der Waals surface area contributed by atoms with Gasteiger partial charge in [0.2, 0.25) is 0 Å². The standard InChI is InChI=1S/C15H20O4/c1-3-17-11-12-19-15(16)10-7-13-5-8-14(9-6-13)18-4-2/h5-10H,3-4,11-12H2,1-2H3/b10-7+. The summed E-state index contributed by atoms with van der Waals surface area (Å²) in [6.07, 6.45) is 3.11. The zero-order chi connectivity index (χ0) is 13.9. The van der Waals surface area contributed by atoms with Crippen molar-refractivity contribution in [3.63, 3.8) is 0 Å². The van der Waals surface area contributed by atoms with Gasteiger partial charge in [-0.25, -0.2) is 4.79 Å². The van der Waals surface area contributed by atoms with E-state index in [1.165, 1.54) is 6.08 Å². The summed E-state index contributed by atoms with van der Waals surface area (Å²) in [4.78, 5) is 11.4. The van der Waals surface area contributed by atoms with Crippen LogP contribution in [0.15, 0.2) is 30.3 Å². The first-order chi connectivity index (χ1) is 9.26. The summed E-state index contributed by atoms with van der Waals surface area (Å²) < 4.78 is 15.4. The Hall–Kier alpha value is -1.81. The molecule has 0 fully saturated rings. The van der Waals surface area contributed by atoms with Crippen LogP contribution >= 0.6 is 0 Å². The van der Waals surface area contributed by atoms with Gasteiger partial charge in [0.25, 0.3) is 0 Å². The molecule has 0 aromatic heterocycles. The molecule has 0 aliphatic heterocycles. The molecule has 0 N–H and O–H groups in total. The van der Waals surface area contributed by atoms with Crippen molar-refractivity contribution >= 4 is 12.0 Å². The van der Waals surface area contributed by atoms with Crippen LogP contribution in [0.3, 0.4) is 0 Å². The van der Waals surface area contributed by atoms with Crippen LogP contribution in [-0.4, -0.2) is 32.4 Å². The average Bonchev–Trinajstić information content (AvgIpc) is 2.43. The lowest BCUT2D eigenvalue weighted by Crippen LogP contribution is -2.08. The molecule has 0 spiro atoms. The maximum atomic E-state index is 11.4. The topological polar surface area (TPSA) is 44.8 Å². The van der Waals surface area contributed by atoms with Crippen molar-refractivity contribution < 1.29 is 19.0 Å². The van der Waals surface area contributed by atoms with Crippen LogP contribution in [0.25, 0.3) is 6.08 Å². The van der Waals surface area contributed by atoms with Crippen molar-refractivity contribution in [1.29, 1.82) is 0 Å². The normalized spacial score (nSPS) is 10.6. The second-order valence-corrected chi connectivity index (χ2v) is 3.70. The maximum Gasteiger partial charge on any atom is 0.330 e. The molecule has 0 aliphatic rings. The summed E-state index contributed by atoms with van der Waals surface area (Å²) in [5.74, 6) is 0.451. The van der Waals surface area contributed by atoms with Crippen LogP contribution in [0.2, 0.25) is 0 Å². The monoisotopic (exact) mass is 264 g/mol. The molecule has 0 radical (unpaired) electrons. The number of rotatable bonds is 8. The van der Waals surface area contributed by atoms with Crippen LogP contribution in [0.4, 0.5) is 0 Å². The summed E-state index contributed by atoms with van der Waals surface area (Å²) in [6, 6.07) is 7.50. The Kier molecular flexibility index (Phi) is 7.35. The summed E-state index contributed by atoms with van der Waals surface area (Å²) in [7, 11) is 0. The van der Waals surface area contributed by atoms with E-state index < -0.39 is 0 Å². The molecule has 0 bridgehead atoms. The highest BCUT2D eigenvalue weighted by molar-refractivity contribution is 5.87. The van der Waals surface area contributed by atoms with Crippen molar-refractivity contribution in [1.82, 2.24) is 0 Å². The molecular weight excluding hydrogens is 244 g/mol. The molecule has 0 heterocycles. The van der Waals surface area contributed by atoms with Gasteiger partial charge in [0.1, 0.15) is 12.4 Å². The first-order valence-electron chi connectivity index (χ1n) is 6.41. The molecule has 0 saturated carbocycles. The third-order valence-electron chi connectivity index (χ3n) is 2.28. The van der Waals surface area contributed by atoms with Crippen LogP contribution in [0.1, 0.15) is 19.4 Å². The highest BCUT2D eigenvalue weighted by atomic mass is 16.6. The minimum atomic E-state index is -0.367. The first-order valence-corrected chi connectivity index (χ1v) is 6.41. The van der Waals surface area contributed by atoms with Gasteiger partial charge in [-0.2, -0.15) is 0 Å². The van der Waals surface area contributed by atoms with E-state index in [2.05, 4.69) is 0 Å². The van der Waals surface area contributed by atoms with Crippen molar-refractivity contribution in [3.8, 4) is 5.75 Å². The summed E-state index contributed by atoms with van der Waals surface area (Å²) in [5.41, 5.74) is 0.921. The largest absolute Gasteiger partial charge is 0.494 e. The maximum absolute atomic E-state index is 11.4. The number of benzene rings is 1. The molecular formula is C15H20O4. The van der Waals surface area contributed by atoms with Crippen molar-refractivity contribution in [2.45, 2.75) is 13.8 Å². The Morgan fingerprint density at radius 1 is 1.11 bits per heavy atom. The minimum absolute atomic E-state index is 0.278. The van der Waals surface area contributed by atoms with Crippen molar-refractivity contribution in [2.24, 2.45) is 0 Å². The fourth-order valence-corrected chi connectivity index (χ4v) is 1.40. The molecule has 0 aliphatic carbocycles. The molecule has 19 heavy (non-hydrogen) atoms. The third kappa shape index (κ3) is 6.62. The lowest BCUT2D eigenvalue weighted by molar-refractivity contribution is -0.139. The lowest BCUT2D eigenvalue weighted by atomic mass is 10.2. The molecule has 0 saturated heterocycles. The average molecular weight is 264 g/mol. The number of ether oxygens (including phenoxy) is 3. The highest BCUT2D eigenvalue weighted by Crippen LogP contribution is 2.12. The van der Waals surface area contributed by atoms with Gasteiger partial charge in [0, 0.05) is 12.7 Å². The molecule has 1 rings (SSSR count). The predicted octanol–water partition coefficient (Wildman–Crippen LogP) is 2.68. The zero-order valence-electron chi connectivity index (χ0n) is 11.4. The Morgan fingerprint density at radius 3 is 2.47 bits per heavy atom. The van der Waals surface area contributed by atoms with Crippen LogP contribution in [-0.2, 0) is 14.3 Å². The van der Waals surface area contributed by atoms with Gasteiger partial charge in [-0.15, -0.1) is 0 Å². The number of carbonyl (C=O) groups excluding carboxylic acids is 1. The number of carbonyl (C=O) groups is 1. The Balaban J connectivity index is 2.36. The SMILES string of the molecule is CCOCCOC(=O)/C=C/c1ccc(OCC)cc1. The van der Waals surface area contributed by atoms with E-state index in [1.54, 1.807) is 6.08 Å². The fourth-order valence-electron chi connectivity index (χ4n) is 1.40. The van der Waals surface area contributed by atoms with Gasteiger partial charge in [-0.1, -0.05) is 12.1 Å². The van der Waals surface area contributed by atoms with Gasteiger partial charge in [-0.3, -0.25) is 0 Å². The first kappa shape index (κ1) is 15.2. The number of esters is 1.